The van der Waals surface area contributed by atoms with Gasteiger partial charge in [-0.2, -0.15) is 0 Å². The molecule has 6 heteroatoms. The molecule has 1 aromatic rings. The van der Waals surface area contributed by atoms with Crippen LogP contribution in [0.3, 0.4) is 0 Å². The lowest BCUT2D eigenvalue weighted by atomic mass is 10.2. The summed E-state index contributed by atoms with van der Waals surface area (Å²) in [6.45, 7) is 0. The van der Waals surface area contributed by atoms with E-state index in [1.54, 1.807) is 0 Å². The molecule has 0 fully saturated rings. The van der Waals surface area contributed by atoms with Crippen molar-refractivity contribution in [3.05, 3.63) is 28.8 Å². The first-order valence-electron chi connectivity index (χ1n) is 3.55. The van der Waals surface area contributed by atoms with E-state index in [9.17, 15) is 9.00 Å². The molecule has 0 aromatic heterocycles. The summed E-state index contributed by atoms with van der Waals surface area (Å²) in [7, 11) is 1.20. The first kappa shape index (κ1) is 11.2. The second-order valence-electron chi connectivity index (χ2n) is 2.38. The van der Waals surface area contributed by atoms with Gasteiger partial charge in [0.2, 0.25) is 0 Å². The summed E-state index contributed by atoms with van der Waals surface area (Å²) in [5, 5.41) is 0.287. The van der Waals surface area contributed by atoms with Gasteiger partial charge in [0.25, 0.3) is 0 Å². The van der Waals surface area contributed by atoms with Crippen LogP contribution in [-0.2, 0) is 15.8 Å². The lowest BCUT2D eigenvalue weighted by Crippen LogP contribution is -2.06. The molecule has 1 N–H and O–H groups in total. The van der Waals surface area contributed by atoms with Crippen LogP contribution in [-0.4, -0.2) is 21.8 Å². The van der Waals surface area contributed by atoms with E-state index in [2.05, 4.69) is 4.74 Å². The number of hydrogen-bond donors (Lipinski definition) is 1. The highest BCUT2D eigenvalue weighted by molar-refractivity contribution is 7.79. The molecule has 0 aliphatic rings. The van der Waals surface area contributed by atoms with Crippen molar-refractivity contribution >= 4 is 28.7 Å². The predicted octanol–water partition coefficient (Wildman–Crippen LogP) is 1.71. The van der Waals surface area contributed by atoms with Crippen molar-refractivity contribution in [3.63, 3.8) is 0 Å². The summed E-state index contributed by atoms with van der Waals surface area (Å²) in [4.78, 5) is 11.1. The highest BCUT2D eigenvalue weighted by Crippen LogP contribution is 2.19. The molecular formula is C8H7ClO4S. The van der Waals surface area contributed by atoms with Crippen molar-refractivity contribution in [2.75, 3.05) is 7.11 Å². The van der Waals surface area contributed by atoms with Crippen molar-refractivity contribution in [1.82, 2.24) is 0 Å². The van der Waals surface area contributed by atoms with E-state index in [0.29, 0.717) is 0 Å². The second kappa shape index (κ2) is 4.54. The minimum absolute atomic E-state index is 0.0396. The molecule has 0 spiro atoms. The molecule has 0 bridgehead atoms. The van der Waals surface area contributed by atoms with Crippen LogP contribution in [0.15, 0.2) is 23.1 Å². The Morgan fingerprint density at radius 1 is 1.57 bits per heavy atom. The molecule has 76 valence electrons. The average molecular weight is 235 g/mol. The minimum Gasteiger partial charge on any atom is -0.465 e. The molecule has 4 nitrogen and oxygen atoms in total. The molecule has 14 heavy (non-hydrogen) atoms. The van der Waals surface area contributed by atoms with E-state index >= 15 is 0 Å². The van der Waals surface area contributed by atoms with Crippen LogP contribution in [0.5, 0.6) is 0 Å². The fraction of sp³-hybridized carbons (Fsp3) is 0.125. The van der Waals surface area contributed by atoms with Gasteiger partial charge in [-0.1, -0.05) is 11.6 Å². The Labute approximate surface area is 88.1 Å². The maximum absolute atomic E-state index is 11.1. The molecule has 0 aliphatic carbocycles. The van der Waals surface area contributed by atoms with Crippen LogP contribution < -0.4 is 0 Å². The number of carbonyl (C=O) groups excluding carboxylic acids is 1. The van der Waals surface area contributed by atoms with Crippen molar-refractivity contribution in [2.24, 2.45) is 0 Å². The van der Waals surface area contributed by atoms with Crippen molar-refractivity contribution < 1.29 is 18.3 Å². The van der Waals surface area contributed by atoms with E-state index in [1.165, 1.54) is 25.3 Å². The number of benzene rings is 1. The summed E-state index contributed by atoms with van der Waals surface area (Å²) < 4.78 is 24.2. The summed E-state index contributed by atoms with van der Waals surface area (Å²) in [6, 6.07) is 4.05. The first-order chi connectivity index (χ1) is 6.56. The normalized spacial score (nSPS) is 12.2. The maximum Gasteiger partial charge on any atom is 0.339 e. The Hall–Kier alpha value is -0.910. The molecular weight excluding hydrogens is 228 g/mol. The standard InChI is InChI=1S/C8H7ClO4S/c1-13-8(10)6-3-2-5(9)4-7(6)14(11)12/h2-4H,1H3,(H,11,12). The van der Waals surface area contributed by atoms with Crippen LogP contribution in [0.25, 0.3) is 0 Å². The second-order valence-corrected chi connectivity index (χ2v) is 3.76. The largest absolute Gasteiger partial charge is 0.465 e. The number of methoxy groups -OCH3 is 1. The third-order valence-corrected chi connectivity index (χ3v) is 2.49. The molecule has 0 saturated carbocycles. The Kier molecular flexibility index (Phi) is 3.62. The van der Waals surface area contributed by atoms with Crippen LogP contribution in [0.1, 0.15) is 10.4 Å². The number of halogens is 1. The number of esters is 1. The van der Waals surface area contributed by atoms with E-state index < -0.39 is 17.0 Å². The van der Waals surface area contributed by atoms with E-state index in [1.807, 2.05) is 0 Å². The number of carbonyl (C=O) groups is 1. The molecule has 0 aliphatic heterocycles. The summed E-state index contributed by atoms with van der Waals surface area (Å²) >= 11 is 3.35. The predicted molar refractivity (Wildman–Crippen MR) is 51.8 cm³/mol. The molecule has 0 heterocycles. The van der Waals surface area contributed by atoms with Gasteiger partial charge in [-0.3, -0.25) is 0 Å². The maximum atomic E-state index is 11.1. The van der Waals surface area contributed by atoms with Gasteiger partial charge in [0, 0.05) is 5.02 Å². The van der Waals surface area contributed by atoms with E-state index in [4.69, 9.17) is 16.2 Å². The zero-order valence-electron chi connectivity index (χ0n) is 7.19. The molecule has 0 saturated heterocycles. The lowest BCUT2D eigenvalue weighted by Gasteiger charge is -2.04. The van der Waals surface area contributed by atoms with Gasteiger partial charge in [-0.15, -0.1) is 0 Å². The summed E-state index contributed by atoms with van der Waals surface area (Å²) in [5.74, 6) is -0.668. The van der Waals surface area contributed by atoms with Gasteiger partial charge < -0.3 is 9.29 Å². The van der Waals surface area contributed by atoms with Crippen molar-refractivity contribution in [2.45, 2.75) is 4.90 Å². The Morgan fingerprint density at radius 2 is 2.21 bits per heavy atom. The van der Waals surface area contributed by atoms with Crippen LogP contribution in [0.2, 0.25) is 5.02 Å². The monoisotopic (exact) mass is 234 g/mol. The van der Waals surface area contributed by atoms with Gasteiger partial charge in [0.05, 0.1) is 17.6 Å². The first-order valence-corrected chi connectivity index (χ1v) is 5.03. The van der Waals surface area contributed by atoms with Crippen molar-refractivity contribution in [3.8, 4) is 0 Å². The number of hydrogen-bond acceptors (Lipinski definition) is 3. The van der Waals surface area contributed by atoms with Gasteiger partial charge in [0.15, 0.2) is 11.1 Å². The Bertz CT molecular complexity index is 391. The lowest BCUT2D eigenvalue weighted by molar-refractivity contribution is 0.0596. The topological polar surface area (TPSA) is 63.6 Å². The number of ether oxygens (including phenoxy) is 1. The average Bonchev–Trinajstić information content (AvgIpc) is 2.16. The Balaban J connectivity index is 3.28. The zero-order valence-corrected chi connectivity index (χ0v) is 8.76. The fourth-order valence-electron chi connectivity index (χ4n) is 0.919. The number of rotatable bonds is 2. The van der Waals surface area contributed by atoms with Crippen LogP contribution >= 0.6 is 11.6 Å². The zero-order chi connectivity index (χ0) is 10.7. The van der Waals surface area contributed by atoms with Gasteiger partial charge in [-0.05, 0) is 18.2 Å². The molecule has 1 rings (SSSR count). The van der Waals surface area contributed by atoms with Gasteiger partial charge in [-0.25, -0.2) is 9.00 Å². The minimum atomic E-state index is -2.26. The smallest absolute Gasteiger partial charge is 0.339 e. The van der Waals surface area contributed by atoms with Crippen molar-refractivity contribution in [1.29, 1.82) is 0 Å². The molecule has 1 unspecified atom stereocenters. The molecule has 1 atom stereocenters. The summed E-state index contributed by atoms with van der Waals surface area (Å²) in [5.41, 5.74) is 0.0396. The molecule has 0 radical (unpaired) electrons. The summed E-state index contributed by atoms with van der Waals surface area (Å²) in [6.07, 6.45) is 0. The fourth-order valence-corrected chi connectivity index (χ4v) is 1.72. The molecule has 0 amide bonds. The molecule has 1 aromatic carbocycles. The van der Waals surface area contributed by atoms with E-state index in [0.717, 1.165) is 0 Å². The SMILES string of the molecule is COC(=O)c1ccc(Cl)cc1S(=O)O. The third kappa shape index (κ3) is 2.31. The highest BCUT2D eigenvalue weighted by Gasteiger charge is 2.15. The van der Waals surface area contributed by atoms with Gasteiger partial charge in [0.1, 0.15) is 0 Å². The van der Waals surface area contributed by atoms with Crippen LogP contribution in [0.4, 0.5) is 0 Å². The third-order valence-electron chi connectivity index (χ3n) is 1.54. The quantitative estimate of drug-likeness (QED) is 0.625. The van der Waals surface area contributed by atoms with Crippen LogP contribution in [0, 0.1) is 0 Å². The van der Waals surface area contributed by atoms with E-state index in [-0.39, 0.29) is 15.5 Å². The Morgan fingerprint density at radius 3 is 2.71 bits per heavy atom. The highest BCUT2D eigenvalue weighted by atomic mass is 35.5. The van der Waals surface area contributed by atoms with Gasteiger partial charge >= 0.3 is 5.97 Å².